The summed E-state index contributed by atoms with van der Waals surface area (Å²) in [6.07, 6.45) is 5.55. The van der Waals surface area contributed by atoms with Gasteiger partial charge in [0.25, 0.3) is 0 Å². The number of hydrogen-bond acceptors (Lipinski definition) is 4. The van der Waals surface area contributed by atoms with Crippen LogP contribution in [0.3, 0.4) is 0 Å². The van der Waals surface area contributed by atoms with Gasteiger partial charge in [-0.1, -0.05) is 6.42 Å². The van der Waals surface area contributed by atoms with Crippen LogP contribution >= 0.6 is 0 Å². The second-order valence-corrected chi connectivity index (χ2v) is 4.74. The van der Waals surface area contributed by atoms with Crippen LogP contribution < -0.4 is 0 Å². The first-order valence-corrected chi connectivity index (χ1v) is 6.24. The highest BCUT2D eigenvalue weighted by molar-refractivity contribution is 5.70. The summed E-state index contributed by atoms with van der Waals surface area (Å²) in [6.45, 7) is 0. The van der Waals surface area contributed by atoms with Crippen LogP contribution in [0.15, 0.2) is 0 Å². The van der Waals surface area contributed by atoms with E-state index in [1.54, 1.807) is 0 Å². The fourth-order valence-corrected chi connectivity index (χ4v) is 2.34. The van der Waals surface area contributed by atoms with E-state index in [-0.39, 0.29) is 24.9 Å². The quantitative estimate of drug-likeness (QED) is 0.437. The molecule has 96 valence electrons. The van der Waals surface area contributed by atoms with Gasteiger partial charge in [0, 0.05) is 19.3 Å². The van der Waals surface area contributed by atoms with Gasteiger partial charge in [0.1, 0.15) is 6.10 Å². The molecule has 5 nitrogen and oxygen atoms in total. The van der Waals surface area contributed by atoms with Crippen LogP contribution in [0.5, 0.6) is 0 Å². The molecule has 0 bridgehead atoms. The Morgan fingerprint density at radius 1 is 1.29 bits per heavy atom. The van der Waals surface area contributed by atoms with E-state index >= 15 is 0 Å². The Morgan fingerprint density at radius 2 is 2.06 bits per heavy atom. The lowest BCUT2D eigenvalue weighted by Gasteiger charge is -2.17. The molecule has 0 aromatic heterocycles. The highest BCUT2D eigenvalue weighted by atomic mass is 16.8. The zero-order valence-electron chi connectivity index (χ0n) is 9.81. The van der Waals surface area contributed by atoms with Crippen LogP contribution in [0.1, 0.15) is 51.4 Å². The SMILES string of the molecule is O=C(O)CCCCC(=O)OC12CCCCC1O2. The van der Waals surface area contributed by atoms with Gasteiger partial charge in [-0.3, -0.25) is 9.59 Å². The van der Waals surface area contributed by atoms with E-state index in [1.165, 1.54) is 0 Å². The average Bonchev–Trinajstić information content (AvgIpc) is 2.98. The summed E-state index contributed by atoms with van der Waals surface area (Å²) >= 11 is 0. The maximum Gasteiger partial charge on any atom is 0.308 e. The van der Waals surface area contributed by atoms with E-state index in [1.807, 2.05) is 0 Å². The number of rotatable bonds is 6. The zero-order chi connectivity index (χ0) is 12.3. The van der Waals surface area contributed by atoms with Crippen molar-refractivity contribution in [2.24, 2.45) is 0 Å². The van der Waals surface area contributed by atoms with Crippen LogP contribution in [-0.2, 0) is 19.1 Å². The largest absolute Gasteiger partial charge is 0.481 e. The second-order valence-electron chi connectivity index (χ2n) is 4.74. The van der Waals surface area contributed by atoms with Gasteiger partial charge in [0.2, 0.25) is 5.79 Å². The summed E-state index contributed by atoms with van der Waals surface area (Å²) in [6, 6.07) is 0. The molecule has 2 rings (SSSR count). The van der Waals surface area contributed by atoms with Crippen molar-refractivity contribution >= 4 is 11.9 Å². The monoisotopic (exact) mass is 242 g/mol. The summed E-state index contributed by atoms with van der Waals surface area (Å²) in [5, 5.41) is 8.45. The molecule has 1 aliphatic heterocycles. The topological polar surface area (TPSA) is 76.1 Å². The molecule has 1 saturated carbocycles. The lowest BCUT2D eigenvalue weighted by atomic mass is 9.98. The van der Waals surface area contributed by atoms with Gasteiger partial charge in [-0.15, -0.1) is 0 Å². The van der Waals surface area contributed by atoms with Crippen molar-refractivity contribution in [3.05, 3.63) is 0 Å². The van der Waals surface area contributed by atoms with Crippen molar-refractivity contribution in [3.8, 4) is 0 Å². The molecular formula is C12H18O5. The normalized spacial score (nSPS) is 30.5. The Labute approximate surface area is 100 Å². The molecule has 2 unspecified atom stereocenters. The number of unbranched alkanes of at least 4 members (excludes halogenated alkanes) is 1. The molecule has 1 aliphatic carbocycles. The molecule has 2 atom stereocenters. The number of aliphatic carboxylic acids is 1. The fraction of sp³-hybridized carbons (Fsp3) is 0.833. The van der Waals surface area contributed by atoms with Crippen molar-refractivity contribution in [2.75, 3.05) is 0 Å². The first-order chi connectivity index (χ1) is 8.12. The third-order valence-electron chi connectivity index (χ3n) is 3.32. The number of ether oxygens (including phenoxy) is 2. The Morgan fingerprint density at radius 3 is 2.76 bits per heavy atom. The van der Waals surface area contributed by atoms with E-state index in [9.17, 15) is 9.59 Å². The summed E-state index contributed by atoms with van der Waals surface area (Å²) < 4.78 is 10.8. The minimum Gasteiger partial charge on any atom is -0.481 e. The molecule has 1 heterocycles. The number of esters is 1. The summed E-state index contributed by atoms with van der Waals surface area (Å²) in [7, 11) is 0. The van der Waals surface area contributed by atoms with E-state index < -0.39 is 11.8 Å². The average molecular weight is 242 g/mol. The standard InChI is InChI=1S/C12H18O5/c13-10(14)6-1-2-7-11(15)17-12-8-4-3-5-9(12)16-12/h9H,1-8H2,(H,13,14). The molecule has 0 amide bonds. The van der Waals surface area contributed by atoms with Crippen molar-refractivity contribution in [3.63, 3.8) is 0 Å². The number of carboxylic acid groups (broad SMARTS) is 1. The van der Waals surface area contributed by atoms with E-state index in [0.717, 1.165) is 25.7 Å². The van der Waals surface area contributed by atoms with Gasteiger partial charge in [0.15, 0.2) is 0 Å². The lowest BCUT2D eigenvalue weighted by molar-refractivity contribution is -0.160. The van der Waals surface area contributed by atoms with Crippen LogP contribution in [0.25, 0.3) is 0 Å². The predicted molar refractivity (Wildman–Crippen MR) is 58.3 cm³/mol. The maximum absolute atomic E-state index is 11.5. The van der Waals surface area contributed by atoms with Crippen LogP contribution in [0.4, 0.5) is 0 Å². The van der Waals surface area contributed by atoms with Gasteiger partial charge < -0.3 is 14.6 Å². The minimum atomic E-state index is -0.824. The molecule has 0 spiro atoms. The number of carbonyl (C=O) groups excluding carboxylic acids is 1. The minimum absolute atomic E-state index is 0.109. The summed E-state index contributed by atoms with van der Waals surface area (Å²) in [5.74, 6) is -1.70. The number of fused-ring (bicyclic) bond motifs is 1. The van der Waals surface area contributed by atoms with Gasteiger partial charge in [-0.25, -0.2) is 0 Å². The van der Waals surface area contributed by atoms with E-state index in [4.69, 9.17) is 14.6 Å². The Kier molecular flexibility index (Phi) is 3.66. The Bertz CT molecular complexity index is 314. The van der Waals surface area contributed by atoms with Crippen molar-refractivity contribution in [2.45, 2.75) is 63.3 Å². The van der Waals surface area contributed by atoms with Crippen molar-refractivity contribution in [1.29, 1.82) is 0 Å². The Hall–Kier alpha value is -1.10. The predicted octanol–water partition coefficient (Wildman–Crippen LogP) is 1.84. The molecule has 0 radical (unpaired) electrons. The van der Waals surface area contributed by atoms with E-state index in [2.05, 4.69) is 0 Å². The third-order valence-corrected chi connectivity index (χ3v) is 3.32. The number of carbonyl (C=O) groups is 2. The lowest BCUT2D eigenvalue weighted by Crippen LogP contribution is -2.26. The molecule has 17 heavy (non-hydrogen) atoms. The molecule has 0 aromatic carbocycles. The first kappa shape index (κ1) is 12.4. The third kappa shape index (κ3) is 3.19. The van der Waals surface area contributed by atoms with Gasteiger partial charge in [0.05, 0.1) is 0 Å². The molecule has 0 aromatic rings. The molecular weight excluding hydrogens is 224 g/mol. The van der Waals surface area contributed by atoms with Crippen molar-refractivity contribution < 1.29 is 24.2 Å². The van der Waals surface area contributed by atoms with Gasteiger partial charge in [-0.05, 0) is 25.7 Å². The van der Waals surface area contributed by atoms with Gasteiger partial charge in [-0.2, -0.15) is 0 Å². The summed E-state index contributed by atoms with van der Waals surface area (Å²) in [5.41, 5.74) is 0. The first-order valence-electron chi connectivity index (χ1n) is 6.24. The Balaban J connectivity index is 1.63. The van der Waals surface area contributed by atoms with Crippen molar-refractivity contribution in [1.82, 2.24) is 0 Å². The number of epoxide rings is 1. The molecule has 2 fully saturated rings. The molecule has 1 saturated heterocycles. The summed E-state index contributed by atoms with van der Waals surface area (Å²) in [4.78, 5) is 21.8. The van der Waals surface area contributed by atoms with Crippen LogP contribution in [0, 0.1) is 0 Å². The second kappa shape index (κ2) is 5.04. The number of hydrogen-bond donors (Lipinski definition) is 1. The highest BCUT2D eigenvalue weighted by Crippen LogP contribution is 2.48. The fourth-order valence-electron chi connectivity index (χ4n) is 2.34. The molecule has 5 heteroatoms. The molecule has 2 aliphatic rings. The molecule has 1 N–H and O–H groups in total. The van der Waals surface area contributed by atoms with Crippen LogP contribution in [-0.4, -0.2) is 28.9 Å². The zero-order valence-corrected chi connectivity index (χ0v) is 9.81. The van der Waals surface area contributed by atoms with E-state index in [0.29, 0.717) is 12.8 Å². The van der Waals surface area contributed by atoms with Gasteiger partial charge >= 0.3 is 11.9 Å². The highest BCUT2D eigenvalue weighted by Gasteiger charge is 2.60. The van der Waals surface area contributed by atoms with Crippen LogP contribution in [0.2, 0.25) is 0 Å². The number of carboxylic acids is 1. The smallest absolute Gasteiger partial charge is 0.308 e. The maximum atomic E-state index is 11.5.